The molecule has 0 saturated heterocycles. The van der Waals surface area contributed by atoms with Crippen LogP contribution in [0, 0.1) is 25.6 Å². The van der Waals surface area contributed by atoms with Crippen LogP contribution in [0.25, 0.3) is 0 Å². The molecule has 0 aliphatic carbocycles. The molecule has 1 N–H and O–H groups in total. The fraction of sp³-hybridized carbons (Fsp3) is 0.394. The van der Waals surface area contributed by atoms with Gasteiger partial charge in [-0.1, -0.05) is 39.0 Å². The van der Waals surface area contributed by atoms with Gasteiger partial charge in [-0.3, -0.25) is 13.9 Å². The fourth-order valence-corrected chi connectivity index (χ4v) is 6.27. The number of sulfonamides is 1. The van der Waals surface area contributed by atoms with E-state index in [-0.39, 0.29) is 35.4 Å². The Labute approximate surface area is 260 Å². The summed E-state index contributed by atoms with van der Waals surface area (Å²) in [5.74, 6) is -0.628. The van der Waals surface area contributed by atoms with Gasteiger partial charge >= 0.3 is 0 Å². The number of aryl methyl sites for hydroxylation is 2. The second kappa shape index (κ2) is 15.1. The molecule has 238 valence electrons. The van der Waals surface area contributed by atoms with Gasteiger partial charge in [-0.05, 0) is 79.3 Å². The lowest BCUT2D eigenvalue weighted by atomic mass is 10.1. The zero-order chi connectivity index (χ0) is 32.6. The second-order valence-electron chi connectivity index (χ2n) is 11.1. The van der Waals surface area contributed by atoms with Crippen molar-refractivity contribution in [3.63, 3.8) is 0 Å². The first-order chi connectivity index (χ1) is 20.8. The maximum Gasteiger partial charge on any atom is 0.264 e. The summed E-state index contributed by atoms with van der Waals surface area (Å²) in [7, 11) is -1.47. The van der Waals surface area contributed by atoms with E-state index in [0.29, 0.717) is 23.5 Å². The summed E-state index contributed by atoms with van der Waals surface area (Å²) in [4.78, 5) is 28.8. The van der Waals surface area contributed by atoms with E-state index >= 15 is 0 Å². The van der Waals surface area contributed by atoms with Crippen LogP contribution < -0.4 is 19.1 Å². The van der Waals surface area contributed by atoms with Crippen LogP contribution in [0.5, 0.6) is 11.5 Å². The predicted octanol–water partition coefficient (Wildman–Crippen LogP) is 5.23. The third kappa shape index (κ3) is 8.49. The molecule has 9 nitrogen and oxygen atoms in total. The molecule has 0 saturated carbocycles. The van der Waals surface area contributed by atoms with Crippen molar-refractivity contribution in [3.8, 4) is 11.5 Å². The molecule has 2 amide bonds. The third-order valence-electron chi connectivity index (χ3n) is 7.05. The average molecular weight is 628 g/mol. The molecule has 0 radical (unpaired) electrons. The summed E-state index contributed by atoms with van der Waals surface area (Å²) < 4.78 is 53.9. The fourth-order valence-electron chi connectivity index (χ4n) is 4.86. The molecule has 1 atom stereocenters. The quantitative estimate of drug-likeness (QED) is 0.262. The Balaban J connectivity index is 2.12. The lowest BCUT2D eigenvalue weighted by Gasteiger charge is -2.33. The first-order valence-corrected chi connectivity index (χ1v) is 15.9. The summed E-state index contributed by atoms with van der Waals surface area (Å²) in [6, 6.07) is 14.2. The van der Waals surface area contributed by atoms with E-state index in [2.05, 4.69) is 5.32 Å². The van der Waals surface area contributed by atoms with E-state index < -0.39 is 34.3 Å². The summed E-state index contributed by atoms with van der Waals surface area (Å²) in [5.41, 5.74) is 2.51. The topological polar surface area (TPSA) is 105 Å². The van der Waals surface area contributed by atoms with E-state index in [1.165, 1.54) is 61.6 Å². The van der Waals surface area contributed by atoms with Crippen molar-refractivity contribution in [2.24, 2.45) is 5.92 Å². The molecule has 3 aromatic carbocycles. The molecule has 0 aliphatic rings. The Morgan fingerprint density at radius 3 is 2.07 bits per heavy atom. The number of nitrogens with one attached hydrogen (secondary N) is 1. The van der Waals surface area contributed by atoms with E-state index in [1.807, 2.05) is 33.8 Å². The Kier molecular flexibility index (Phi) is 11.8. The smallest absolute Gasteiger partial charge is 0.264 e. The number of benzene rings is 3. The normalized spacial score (nSPS) is 12.0. The molecule has 0 aliphatic heterocycles. The Hall–Kier alpha value is -4.12. The molecule has 11 heteroatoms. The summed E-state index contributed by atoms with van der Waals surface area (Å²) >= 11 is 0. The molecule has 44 heavy (non-hydrogen) atoms. The van der Waals surface area contributed by atoms with Crippen molar-refractivity contribution in [2.45, 2.75) is 58.5 Å². The van der Waals surface area contributed by atoms with Gasteiger partial charge in [-0.2, -0.15) is 0 Å². The van der Waals surface area contributed by atoms with Gasteiger partial charge < -0.3 is 19.7 Å². The number of carbonyl (C=O) groups excluding carboxylic acids is 2. The SMILES string of the molecule is CC[C@@H](C(=O)NCC(C)C)N(Cc1ccc(F)cc1)C(=O)CN(c1cc(C)cc(C)c1)S(=O)(=O)c1ccc(OC)c(OC)c1. The number of methoxy groups -OCH3 is 2. The second-order valence-corrected chi connectivity index (χ2v) is 12.9. The minimum Gasteiger partial charge on any atom is -0.493 e. The van der Waals surface area contributed by atoms with E-state index in [4.69, 9.17) is 9.47 Å². The molecule has 0 aromatic heterocycles. The molecule has 0 spiro atoms. The van der Waals surface area contributed by atoms with E-state index in [9.17, 15) is 22.4 Å². The van der Waals surface area contributed by atoms with Crippen LogP contribution in [0.4, 0.5) is 10.1 Å². The summed E-state index contributed by atoms with van der Waals surface area (Å²) in [6.45, 7) is 9.19. The first kappa shape index (κ1) is 34.4. The number of anilines is 1. The van der Waals surface area contributed by atoms with Crippen LogP contribution >= 0.6 is 0 Å². The zero-order valence-corrected chi connectivity index (χ0v) is 27.2. The van der Waals surface area contributed by atoms with Crippen molar-refractivity contribution in [2.75, 3.05) is 31.6 Å². The molecule has 0 heterocycles. The number of nitrogens with zero attached hydrogens (tertiary/aromatic N) is 2. The van der Waals surface area contributed by atoms with Crippen LogP contribution in [0.2, 0.25) is 0 Å². The minimum absolute atomic E-state index is 0.0240. The van der Waals surface area contributed by atoms with Crippen molar-refractivity contribution in [1.82, 2.24) is 10.2 Å². The van der Waals surface area contributed by atoms with Crippen molar-refractivity contribution < 1.29 is 31.9 Å². The first-order valence-electron chi connectivity index (χ1n) is 14.4. The standard InChI is InChI=1S/C33H42FN3O6S/c1-8-29(33(39)35-19-22(2)3)36(20-25-9-11-26(34)12-10-25)32(38)21-37(27-16-23(4)15-24(5)17-27)44(40,41)28-13-14-30(42-6)31(18-28)43-7/h9-18,22,29H,8,19-21H2,1-7H3,(H,35,39)/t29-/m0/s1. The van der Waals surface area contributed by atoms with Crippen molar-refractivity contribution in [3.05, 3.63) is 83.2 Å². The van der Waals surface area contributed by atoms with Gasteiger partial charge in [0, 0.05) is 19.2 Å². The van der Waals surface area contributed by atoms with Gasteiger partial charge in [-0.25, -0.2) is 12.8 Å². The van der Waals surface area contributed by atoms with Gasteiger partial charge in [0.1, 0.15) is 18.4 Å². The highest BCUT2D eigenvalue weighted by atomic mass is 32.2. The van der Waals surface area contributed by atoms with Gasteiger partial charge in [-0.15, -0.1) is 0 Å². The van der Waals surface area contributed by atoms with Crippen LogP contribution in [-0.4, -0.2) is 58.5 Å². The third-order valence-corrected chi connectivity index (χ3v) is 8.82. The van der Waals surface area contributed by atoms with Crippen LogP contribution in [0.3, 0.4) is 0 Å². The number of carbonyl (C=O) groups is 2. The van der Waals surface area contributed by atoms with E-state index in [1.54, 1.807) is 19.1 Å². The number of ether oxygens (including phenoxy) is 2. The Morgan fingerprint density at radius 2 is 1.52 bits per heavy atom. The zero-order valence-electron chi connectivity index (χ0n) is 26.4. The monoisotopic (exact) mass is 627 g/mol. The van der Waals surface area contributed by atoms with Gasteiger partial charge in [0.25, 0.3) is 10.0 Å². The van der Waals surface area contributed by atoms with Crippen LogP contribution in [0.1, 0.15) is 43.9 Å². The van der Waals surface area contributed by atoms with Crippen LogP contribution in [-0.2, 0) is 26.2 Å². The maximum atomic E-state index is 14.3. The highest BCUT2D eigenvalue weighted by Gasteiger charge is 2.34. The van der Waals surface area contributed by atoms with Gasteiger partial charge in [0.05, 0.1) is 24.8 Å². The lowest BCUT2D eigenvalue weighted by Crippen LogP contribution is -2.52. The largest absolute Gasteiger partial charge is 0.493 e. The molecule has 0 unspecified atom stereocenters. The molecular weight excluding hydrogens is 585 g/mol. The predicted molar refractivity (Wildman–Crippen MR) is 169 cm³/mol. The number of hydrogen-bond donors (Lipinski definition) is 1. The van der Waals surface area contributed by atoms with Crippen LogP contribution in [0.15, 0.2) is 65.6 Å². The highest BCUT2D eigenvalue weighted by molar-refractivity contribution is 7.92. The highest BCUT2D eigenvalue weighted by Crippen LogP contribution is 2.33. The summed E-state index contributed by atoms with van der Waals surface area (Å²) in [6.07, 6.45) is 0.281. The maximum absolute atomic E-state index is 14.3. The molecule has 0 bridgehead atoms. The van der Waals surface area contributed by atoms with Gasteiger partial charge in [0.2, 0.25) is 11.8 Å². The molecule has 3 rings (SSSR count). The van der Waals surface area contributed by atoms with Gasteiger partial charge in [0.15, 0.2) is 11.5 Å². The minimum atomic E-state index is -4.33. The molecule has 3 aromatic rings. The van der Waals surface area contributed by atoms with E-state index in [0.717, 1.165) is 15.4 Å². The Morgan fingerprint density at radius 1 is 0.909 bits per heavy atom. The lowest BCUT2D eigenvalue weighted by molar-refractivity contribution is -0.140. The summed E-state index contributed by atoms with van der Waals surface area (Å²) in [5, 5.41) is 2.89. The molecular formula is C33H42FN3O6S. The van der Waals surface area contributed by atoms with Crippen molar-refractivity contribution >= 4 is 27.5 Å². The number of halogens is 1. The number of amides is 2. The average Bonchev–Trinajstić information content (AvgIpc) is 2.98. The van der Waals surface area contributed by atoms with Crippen molar-refractivity contribution in [1.29, 1.82) is 0 Å². The molecule has 0 fully saturated rings. The number of rotatable bonds is 14. The number of hydrogen-bond acceptors (Lipinski definition) is 6. The Bertz CT molecular complexity index is 1540.